The lowest BCUT2D eigenvalue weighted by Gasteiger charge is -2.16. The van der Waals surface area contributed by atoms with E-state index in [1.165, 1.54) is 13.0 Å². The molecule has 0 fully saturated rings. The molecule has 1 amide bonds. The van der Waals surface area contributed by atoms with Gasteiger partial charge in [-0.2, -0.15) is 0 Å². The molecule has 0 radical (unpaired) electrons. The van der Waals surface area contributed by atoms with Crippen molar-refractivity contribution in [2.45, 2.75) is 33.1 Å². The third-order valence-corrected chi connectivity index (χ3v) is 3.50. The van der Waals surface area contributed by atoms with Crippen molar-refractivity contribution < 1.29 is 13.6 Å². The van der Waals surface area contributed by atoms with Crippen LogP contribution in [0.15, 0.2) is 12.1 Å². The van der Waals surface area contributed by atoms with Crippen molar-refractivity contribution >= 4 is 17.5 Å². The molecule has 1 aromatic rings. The number of aryl methyl sites for hydroxylation is 1. The zero-order valence-electron chi connectivity index (χ0n) is 11.8. The number of hydrogen-bond acceptors (Lipinski definition) is 1. The number of carbonyl (C=O) groups is 1. The second kappa shape index (κ2) is 8.20. The van der Waals surface area contributed by atoms with Crippen LogP contribution in [0.2, 0.25) is 0 Å². The summed E-state index contributed by atoms with van der Waals surface area (Å²) in [7, 11) is 0. The van der Waals surface area contributed by atoms with Gasteiger partial charge >= 0.3 is 0 Å². The first-order valence-corrected chi connectivity index (χ1v) is 7.33. The fourth-order valence-corrected chi connectivity index (χ4v) is 2.41. The van der Waals surface area contributed by atoms with Gasteiger partial charge in [0.15, 0.2) is 0 Å². The summed E-state index contributed by atoms with van der Waals surface area (Å²) in [4.78, 5) is 11.9. The average molecular weight is 304 g/mol. The predicted octanol–water partition coefficient (Wildman–Crippen LogP) is 4.05. The van der Waals surface area contributed by atoms with Crippen LogP contribution in [0.4, 0.5) is 8.78 Å². The highest BCUT2D eigenvalue weighted by Gasteiger charge is 2.19. The van der Waals surface area contributed by atoms with Crippen molar-refractivity contribution in [3.8, 4) is 0 Å². The Balaban J connectivity index is 2.74. The van der Waals surface area contributed by atoms with Crippen LogP contribution in [0.1, 0.15) is 42.1 Å². The van der Waals surface area contributed by atoms with Crippen molar-refractivity contribution in [3.05, 3.63) is 34.9 Å². The average Bonchev–Trinajstić information content (AvgIpc) is 2.41. The standard InChI is InChI=1S/C15H20ClF2NO/c1-3-4-11(7-8-16)9-19-15(20)13-12(17)6-5-10(2)14(13)18/h5-6,11H,3-4,7-9H2,1-2H3,(H,19,20). The monoisotopic (exact) mass is 303 g/mol. The van der Waals surface area contributed by atoms with Gasteiger partial charge in [0.25, 0.3) is 5.91 Å². The second-order valence-electron chi connectivity index (χ2n) is 4.90. The summed E-state index contributed by atoms with van der Waals surface area (Å²) >= 11 is 5.70. The summed E-state index contributed by atoms with van der Waals surface area (Å²) in [6.07, 6.45) is 2.67. The smallest absolute Gasteiger partial charge is 0.257 e. The van der Waals surface area contributed by atoms with Gasteiger partial charge in [-0.05, 0) is 37.3 Å². The van der Waals surface area contributed by atoms with E-state index in [0.29, 0.717) is 12.4 Å². The van der Waals surface area contributed by atoms with Crippen LogP contribution in [-0.4, -0.2) is 18.3 Å². The van der Waals surface area contributed by atoms with Crippen LogP contribution in [0.3, 0.4) is 0 Å². The number of rotatable bonds is 7. The van der Waals surface area contributed by atoms with Gasteiger partial charge in [-0.3, -0.25) is 4.79 Å². The van der Waals surface area contributed by atoms with E-state index >= 15 is 0 Å². The van der Waals surface area contributed by atoms with E-state index in [1.54, 1.807) is 0 Å². The van der Waals surface area contributed by atoms with Gasteiger partial charge in [0.1, 0.15) is 17.2 Å². The maximum absolute atomic E-state index is 13.8. The highest BCUT2D eigenvalue weighted by Crippen LogP contribution is 2.17. The first-order chi connectivity index (χ1) is 9.51. The van der Waals surface area contributed by atoms with Crippen LogP contribution in [-0.2, 0) is 0 Å². The number of carbonyl (C=O) groups excluding carboxylic acids is 1. The largest absolute Gasteiger partial charge is 0.352 e. The molecule has 1 N–H and O–H groups in total. The highest BCUT2D eigenvalue weighted by atomic mass is 35.5. The zero-order chi connectivity index (χ0) is 15.1. The molecule has 20 heavy (non-hydrogen) atoms. The Kier molecular flexibility index (Phi) is 6.93. The van der Waals surface area contributed by atoms with Crippen LogP contribution in [0, 0.1) is 24.5 Å². The van der Waals surface area contributed by atoms with Gasteiger partial charge in [0, 0.05) is 12.4 Å². The Morgan fingerprint density at radius 1 is 1.35 bits per heavy atom. The summed E-state index contributed by atoms with van der Waals surface area (Å²) in [6, 6.07) is 2.42. The maximum atomic E-state index is 13.8. The molecule has 1 aromatic carbocycles. The fraction of sp³-hybridized carbons (Fsp3) is 0.533. The van der Waals surface area contributed by atoms with E-state index in [1.807, 2.05) is 6.92 Å². The Morgan fingerprint density at radius 2 is 2.05 bits per heavy atom. The molecule has 0 aliphatic heterocycles. The molecule has 0 saturated carbocycles. The predicted molar refractivity (Wildman–Crippen MR) is 77.2 cm³/mol. The minimum Gasteiger partial charge on any atom is -0.352 e. The van der Waals surface area contributed by atoms with Gasteiger partial charge in [0.2, 0.25) is 0 Å². The van der Waals surface area contributed by atoms with E-state index in [0.717, 1.165) is 25.3 Å². The Bertz CT molecular complexity index is 459. The molecule has 1 atom stereocenters. The Morgan fingerprint density at radius 3 is 2.65 bits per heavy atom. The zero-order valence-corrected chi connectivity index (χ0v) is 12.6. The molecule has 0 aliphatic carbocycles. The van der Waals surface area contributed by atoms with Gasteiger partial charge < -0.3 is 5.32 Å². The lowest BCUT2D eigenvalue weighted by Crippen LogP contribution is -2.31. The summed E-state index contributed by atoms with van der Waals surface area (Å²) in [5, 5.41) is 2.60. The molecule has 0 spiro atoms. The molecular weight excluding hydrogens is 284 g/mol. The molecule has 0 heterocycles. The topological polar surface area (TPSA) is 29.1 Å². The van der Waals surface area contributed by atoms with Crippen molar-refractivity contribution in [2.75, 3.05) is 12.4 Å². The summed E-state index contributed by atoms with van der Waals surface area (Å²) in [5.74, 6) is -1.60. The highest BCUT2D eigenvalue weighted by molar-refractivity contribution is 6.17. The van der Waals surface area contributed by atoms with E-state index in [4.69, 9.17) is 11.6 Å². The molecule has 5 heteroatoms. The number of amides is 1. The minimum absolute atomic E-state index is 0.234. The lowest BCUT2D eigenvalue weighted by atomic mass is 10.0. The normalized spacial score (nSPS) is 12.2. The number of halogens is 3. The molecule has 112 valence electrons. The van der Waals surface area contributed by atoms with E-state index in [-0.39, 0.29) is 11.5 Å². The maximum Gasteiger partial charge on any atom is 0.257 e. The Hall–Kier alpha value is -1.16. The van der Waals surface area contributed by atoms with Crippen molar-refractivity contribution in [1.29, 1.82) is 0 Å². The third kappa shape index (κ3) is 4.44. The van der Waals surface area contributed by atoms with Crippen molar-refractivity contribution in [3.63, 3.8) is 0 Å². The first-order valence-electron chi connectivity index (χ1n) is 6.80. The number of hydrogen-bond donors (Lipinski definition) is 1. The second-order valence-corrected chi connectivity index (χ2v) is 5.27. The Labute approximate surface area is 123 Å². The molecule has 0 bridgehead atoms. The van der Waals surface area contributed by atoms with Gasteiger partial charge in [-0.25, -0.2) is 8.78 Å². The van der Waals surface area contributed by atoms with Crippen molar-refractivity contribution in [2.24, 2.45) is 5.92 Å². The first kappa shape index (κ1) is 16.9. The van der Waals surface area contributed by atoms with E-state index in [2.05, 4.69) is 5.32 Å². The van der Waals surface area contributed by atoms with Crippen LogP contribution < -0.4 is 5.32 Å². The molecule has 0 saturated heterocycles. The quantitative estimate of drug-likeness (QED) is 0.757. The SMILES string of the molecule is CCCC(CCCl)CNC(=O)c1c(F)ccc(C)c1F. The van der Waals surface area contributed by atoms with Gasteiger partial charge in [-0.1, -0.05) is 19.4 Å². The lowest BCUT2D eigenvalue weighted by molar-refractivity contribution is 0.0937. The summed E-state index contributed by atoms with van der Waals surface area (Å²) in [6.45, 7) is 3.92. The summed E-state index contributed by atoms with van der Waals surface area (Å²) < 4.78 is 27.4. The van der Waals surface area contributed by atoms with Crippen molar-refractivity contribution in [1.82, 2.24) is 5.32 Å². The van der Waals surface area contributed by atoms with Gasteiger partial charge in [0.05, 0.1) is 0 Å². The third-order valence-electron chi connectivity index (χ3n) is 3.28. The number of benzene rings is 1. The fourth-order valence-electron chi connectivity index (χ4n) is 2.10. The van der Waals surface area contributed by atoms with Crippen LogP contribution >= 0.6 is 11.6 Å². The molecule has 0 aromatic heterocycles. The van der Waals surface area contributed by atoms with Crippen LogP contribution in [0.25, 0.3) is 0 Å². The van der Waals surface area contributed by atoms with E-state index < -0.39 is 23.1 Å². The molecular formula is C15H20ClF2NO. The number of nitrogens with one attached hydrogen (secondary N) is 1. The van der Waals surface area contributed by atoms with E-state index in [9.17, 15) is 13.6 Å². The van der Waals surface area contributed by atoms with Gasteiger partial charge in [-0.15, -0.1) is 11.6 Å². The molecule has 1 unspecified atom stereocenters. The summed E-state index contributed by atoms with van der Waals surface area (Å²) in [5.41, 5.74) is -0.256. The number of alkyl halides is 1. The minimum atomic E-state index is -0.838. The molecule has 0 aliphatic rings. The molecule has 1 rings (SSSR count). The molecule has 2 nitrogen and oxygen atoms in total. The van der Waals surface area contributed by atoms with Crippen LogP contribution in [0.5, 0.6) is 0 Å².